The van der Waals surface area contributed by atoms with Gasteiger partial charge in [0.15, 0.2) is 11.5 Å². The molecule has 2 aromatic carbocycles. The first-order valence-electron chi connectivity index (χ1n) is 9.94. The third kappa shape index (κ3) is 5.44. The van der Waals surface area contributed by atoms with Crippen LogP contribution in [0.2, 0.25) is 5.02 Å². The van der Waals surface area contributed by atoms with Crippen molar-refractivity contribution in [3.8, 4) is 11.5 Å². The standard InChI is InChI=1S/C23H23ClN2O5S/c1-4-31-20-17(24)12-16(13-18(20)30-3)21(27)25-9-10-26-22(28)19(32-23(26)29)11-15-7-5-14(2)6-8-15/h5-8,11-13H,4,9-10H2,1-3H3,(H,25,27)/b19-11-. The van der Waals surface area contributed by atoms with E-state index in [4.69, 9.17) is 21.1 Å². The molecule has 0 aromatic heterocycles. The van der Waals surface area contributed by atoms with Gasteiger partial charge in [0, 0.05) is 18.7 Å². The summed E-state index contributed by atoms with van der Waals surface area (Å²) < 4.78 is 10.7. The second-order valence-electron chi connectivity index (χ2n) is 6.92. The molecule has 0 saturated carbocycles. The third-order valence-corrected chi connectivity index (χ3v) is 5.84. The number of nitrogens with zero attached hydrogens (tertiary/aromatic N) is 1. The Bertz CT molecular complexity index is 1070. The zero-order valence-corrected chi connectivity index (χ0v) is 19.5. The maximum absolute atomic E-state index is 12.6. The van der Waals surface area contributed by atoms with E-state index in [9.17, 15) is 14.4 Å². The van der Waals surface area contributed by atoms with Gasteiger partial charge in [-0.1, -0.05) is 41.4 Å². The lowest BCUT2D eigenvalue weighted by Crippen LogP contribution is -2.37. The molecule has 1 saturated heterocycles. The van der Waals surface area contributed by atoms with E-state index in [-0.39, 0.29) is 34.8 Å². The fraction of sp³-hybridized carbons (Fsp3) is 0.261. The lowest BCUT2D eigenvalue weighted by atomic mass is 10.1. The maximum Gasteiger partial charge on any atom is 0.293 e. The minimum atomic E-state index is -0.407. The van der Waals surface area contributed by atoms with Crippen LogP contribution >= 0.6 is 23.4 Å². The van der Waals surface area contributed by atoms with Crippen molar-refractivity contribution < 1.29 is 23.9 Å². The zero-order valence-electron chi connectivity index (χ0n) is 17.9. The molecule has 2 aromatic rings. The Hall–Kier alpha value is -2.97. The Kier molecular flexibility index (Phi) is 7.82. The second-order valence-corrected chi connectivity index (χ2v) is 8.32. The first-order valence-corrected chi connectivity index (χ1v) is 11.1. The number of thioether (sulfide) groups is 1. The van der Waals surface area contributed by atoms with Crippen molar-refractivity contribution in [1.29, 1.82) is 0 Å². The van der Waals surface area contributed by atoms with E-state index in [1.165, 1.54) is 19.2 Å². The van der Waals surface area contributed by atoms with Crippen molar-refractivity contribution >= 4 is 46.5 Å². The van der Waals surface area contributed by atoms with Gasteiger partial charge in [0.25, 0.3) is 17.1 Å². The van der Waals surface area contributed by atoms with E-state index in [0.29, 0.717) is 23.0 Å². The summed E-state index contributed by atoms with van der Waals surface area (Å²) in [5.74, 6) is -0.0703. The van der Waals surface area contributed by atoms with Gasteiger partial charge in [-0.3, -0.25) is 19.3 Å². The highest BCUT2D eigenvalue weighted by atomic mass is 35.5. The summed E-state index contributed by atoms with van der Waals surface area (Å²) in [6.07, 6.45) is 1.69. The van der Waals surface area contributed by atoms with E-state index in [2.05, 4.69) is 5.32 Å². The second kappa shape index (κ2) is 10.6. The van der Waals surface area contributed by atoms with Crippen molar-refractivity contribution in [3.63, 3.8) is 0 Å². The molecule has 1 fully saturated rings. The van der Waals surface area contributed by atoms with Gasteiger partial charge in [-0.15, -0.1) is 0 Å². The average molecular weight is 475 g/mol. The van der Waals surface area contributed by atoms with Crippen LogP contribution in [-0.2, 0) is 4.79 Å². The first-order chi connectivity index (χ1) is 15.3. The van der Waals surface area contributed by atoms with Crippen molar-refractivity contribution in [1.82, 2.24) is 10.2 Å². The summed E-state index contributed by atoms with van der Waals surface area (Å²) in [4.78, 5) is 38.9. The highest BCUT2D eigenvalue weighted by molar-refractivity contribution is 8.18. The molecule has 3 rings (SSSR count). The molecular weight excluding hydrogens is 452 g/mol. The predicted octanol–water partition coefficient (Wildman–Crippen LogP) is 4.52. The monoisotopic (exact) mass is 474 g/mol. The summed E-state index contributed by atoms with van der Waals surface area (Å²) in [6, 6.07) is 10.7. The van der Waals surface area contributed by atoms with E-state index < -0.39 is 5.91 Å². The zero-order chi connectivity index (χ0) is 23.3. The van der Waals surface area contributed by atoms with Crippen LogP contribution in [-0.4, -0.2) is 48.8 Å². The molecule has 0 radical (unpaired) electrons. The molecule has 168 valence electrons. The number of carbonyl (C=O) groups excluding carboxylic acids is 3. The molecule has 0 atom stereocenters. The molecule has 32 heavy (non-hydrogen) atoms. The summed E-state index contributed by atoms with van der Waals surface area (Å²) in [7, 11) is 1.46. The number of methoxy groups -OCH3 is 1. The first kappa shape index (κ1) is 23.7. The maximum atomic E-state index is 12.6. The van der Waals surface area contributed by atoms with Crippen LogP contribution < -0.4 is 14.8 Å². The van der Waals surface area contributed by atoms with Crippen LogP contribution in [0.4, 0.5) is 4.79 Å². The summed E-state index contributed by atoms with van der Waals surface area (Å²) in [5, 5.41) is 2.58. The molecule has 0 unspecified atom stereocenters. The highest BCUT2D eigenvalue weighted by Crippen LogP contribution is 2.36. The fourth-order valence-corrected chi connectivity index (χ4v) is 4.16. The minimum Gasteiger partial charge on any atom is -0.493 e. The fourth-order valence-electron chi connectivity index (χ4n) is 3.03. The van der Waals surface area contributed by atoms with E-state index in [1.807, 2.05) is 38.1 Å². The molecule has 1 N–H and O–H groups in total. The number of aryl methyl sites for hydroxylation is 1. The number of ether oxygens (including phenoxy) is 2. The Morgan fingerprint density at radius 3 is 2.59 bits per heavy atom. The molecule has 1 aliphatic heterocycles. The Labute approximate surface area is 195 Å². The SMILES string of the molecule is CCOc1c(Cl)cc(C(=O)NCCN2C(=O)S/C(=C\c3ccc(C)cc3)C2=O)cc1OC. The summed E-state index contributed by atoms with van der Waals surface area (Å²) >= 11 is 7.10. The lowest BCUT2D eigenvalue weighted by Gasteiger charge is -2.15. The number of hydrogen-bond donors (Lipinski definition) is 1. The number of carbonyl (C=O) groups is 3. The van der Waals surface area contributed by atoms with Crippen LogP contribution in [0.3, 0.4) is 0 Å². The van der Waals surface area contributed by atoms with E-state index >= 15 is 0 Å². The van der Waals surface area contributed by atoms with Crippen LogP contribution in [0.1, 0.15) is 28.4 Å². The Morgan fingerprint density at radius 2 is 1.94 bits per heavy atom. The molecule has 0 spiro atoms. The van der Waals surface area contributed by atoms with Crippen LogP contribution in [0.5, 0.6) is 11.5 Å². The molecule has 1 heterocycles. The summed E-state index contributed by atoms with van der Waals surface area (Å²) in [5.41, 5.74) is 2.23. The summed E-state index contributed by atoms with van der Waals surface area (Å²) in [6.45, 7) is 4.35. The lowest BCUT2D eigenvalue weighted by molar-refractivity contribution is -0.122. The number of amides is 3. The molecule has 0 bridgehead atoms. The van der Waals surface area contributed by atoms with Gasteiger partial charge in [-0.05, 0) is 49.4 Å². The van der Waals surface area contributed by atoms with Crippen LogP contribution in [0, 0.1) is 6.92 Å². The van der Waals surface area contributed by atoms with Crippen molar-refractivity contribution in [2.45, 2.75) is 13.8 Å². The van der Waals surface area contributed by atoms with Gasteiger partial charge < -0.3 is 14.8 Å². The van der Waals surface area contributed by atoms with E-state index in [1.54, 1.807) is 6.08 Å². The number of nitrogens with one attached hydrogen (secondary N) is 1. The molecule has 1 aliphatic rings. The van der Waals surface area contributed by atoms with E-state index in [0.717, 1.165) is 27.8 Å². The smallest absolute Gasteiger partial charge is 0.293 e. The van der Waals surface area contributed by atoms with Crippen molar-refractivity contribution in [3.05, 3.63) is 63.0 Å². The number of imide groups is 1. The minimum absolute atomic E-state index is 0.0591. The van der Waals surface area contributed by atoms with Crippen LogP contribution in [0.25, 0.3) is 6.08 Å². The van der Waals surface area contributed by atoms with Gasteiger partial charge in [0.05, 0.1) is 23.6 Å². The topological polar surface area (TPSA) is 84.9 Å². The van der Waals surface area contributed by atoms with Gasteiger partial charge in [0.2, 0.25) is 0 Å². The van der Waals surface area contributed by atoms with Gasteiger partial charge in [-0.25, -0.2) is 0 Å². The molecule has 9 heteroatoms. The molecule has 7 nitrogen and oxygen atoms in total. The van der Waals surface area contributed by atoms with Gasteiger partial charge in [-0.2, -0.15) is 0 Å². The van der Waals surface area contributed by atoms with Gasteiger partial charge >= 0.3 is 0 Å². The number of halogens is 1. The van der Waals surface area contributed by atoms with Crippen molar-refractivity contribution in [2.75, 3.05) is 26.8 Å². The number of rotatable bonds is 8. The highest BCUT2D eigenvalue weighted by Gasteiger charge is 2.34. The van der Waals surface area contributed by atoms with Gasteiger partial charge in [0.1, 0.15) is 0 Å². The molecule has 3 amide bonds. The quantitative estimate of drug-likeness (QED) is 0.566. The predicted molar refractivity (Wildman–Crippen MR) is 125 cm³/mol. The molecular formula is C23H23ClN2O5S. The largest absolute Gasteiger partial charge is 0.493 e. The number of hydrogen-bond acceptors (Lipinski definition) is 6. The average Bonchev–Trinajstić information content (AvgIpc) is 3.03. The Balaban J connectivity index is 1.62. The molecule has 0 aliphatic carbocycles. The normalized spacial score (nSPS) is 14.8. The van der Waals surface area contributed by atoms with Crippen molar-refractivity contribution in [2.24, 2.45) is 0 Å². The Morgan fingerprint density at radius 1 is 1.22 bits per heavy atom. The third-order valence-electron chi connectivity index (χ3n) is 4.65. The number of benzene rings is 2. The van der Waals surface area contributed by atoms with Crippen LogP contribution in [0.15, 0.2) is 41.3 Å².